The Hall–Kier alpha value is -3.40. The molecule has 0 radical (unpaired) electrons. The molecule has 3 heterocycles. The van der Waals surface area contributed by atoms with Gasteiger partial charge in [0.25, 0.3) is 5.91 Å². The highest BCUT2D eigenvalue weighted by Crippen LogP contribution is 2.44. The summed E-state index contributed by atoms with van der Waals surface area (Å²) in [6, 6.07) is 20.7. The lowest BCUT2D eigenvalue weighted by Crippen LogP contribution is -2.40. The van der Waals surface area contributed by atoms with Crippen molar-refractivity contribution in [2.75, 3.05) is 0 Å². The lowest BCUT2D eigenvalue weighted by Gasteiger charge is -2.34. The molecule has 2 aromatic carbocycles. The Morgan fingerprint density at radius 3 is 2.50 bits per heavy atom. The predicted molar refractivity (Wildman–Crippen MR) is 119 cm³/mol. The number of H-pyrrole nitrogens is 1. The smallest absolute Gasteiger partial charge is 0.252 e. The summed E-state index contributed by atoms with van der Waals surface area (Å²) in [5.41, 5.74) is 7.05. The van der Waals surface area contributed by atoms with Gasteiger partial charge in [-0.25, -0.2) is 4.98 Å². The number of amides is 1. The second-order valence-corrected chi connectivity index (χ2v) is 8.52. The third-order valence-corrected chi connectivity index (χ3v) is 6.76. The molecule has 148 valence electrons. The van der Waals surface area contributed by atoms with Crippen LogP contribution in [0.1, 0.15) is 48.0 Å². The summed E-state index contributed by atoms with van der Waals surface area (Å²) >= 11 is 0. The van der Waals surface area contributed by atoms with Crippen LogP contribution in [-0.4, -0.2) is 15.9 Å². The van der Waals surface area contributed by atoms with Crippen molar-refractivity contribution >= 4 is 16.9 Å². The van der Waals surface area contributed by atoms with Crippen LogP contribution in [-0.2, 0) is 5.54 Å². The van der Waals surface area contributed by atoms with Crippen LogP contribution in [0.5, 0.6) is 0 Å². The van der Waals surface area contributed by atoms with Crippen molar-refractivity contribution in [3.8, 4) is 22.4 Å². The second kappa shape index (κ2) is 6.56. The minimum Gasteiger partial charge on any atom is -0.345 e. The lowest BCUT2D eigenvalue weighted by atomic mass is 9.77. The fraction of sp³-hybridized carbons (Fsp3) is 0.231. The molecule has 2 aromatic heterocycles. The number of rotatable bonds is 2. The molecule has 6 rings (SSSR count). The van der Waals surface area contributed by atoms with E-state index in [1.807, 2.05) is 30.5 Å². The molecule has 4 heteroatoms. The molecule has 0 atom stereocenters. The molecule has 1 fully saturated rings. The first-order chi connectivity index (χ1) is 14.7. The summed E-state index contributed by atoms with van der Waals surface area (Å²) < 4.78 is 0. The molecule has 1 aliphatic heterocycles. The van der Waals surface area contributed by atoms with Gasteiger partial charge in [-0.1, -0.05) is 55.7 Å². The fourth-order valence-corrected chi connectivity index (χ4v) is 5.22. The van der Waals surface area contributed by atoms with E-state index in [0.717, 1.165) is 51.8 Å². The number of hydrogen-bond donors (Lipinski definition) is 2. The maximum absolute atomic E-state index is 12.6. The molecular weight excluding hydrogens is 370 g/mol. The highest BCUT2D eigenvalue weighted by molar-refractivity contribution is 6.02. The van der Waals surface area contributed by atoms with Gasteiger partial charge in [0, 0.05) is 28.3 Å². The number of hydrogen-bond acceptors (Lipinski definition) is 2. The number of carbonyl (C=O) groups excluding carboxylic acids is 1. The minimum atomic E-state index is -0.175. The Morgan fingerprint density at radius 2 is 1.67 bits per heavy atom. The summed E-state index contributed by atoms with van der Waals surface area (Å²) in [4.78, 5) is 20.8. The van der Waals surface area contributed by atoms with E-state index >= 15 is 0 Å². The number of benzene rings is 2. The van der Waals surface area contributed by atoms with E-state index in [0.29, 0.717) is 0 Å². The highest BCUT2D eigenvalue weighted by atomic mass is 16.2. The molecule has 1 amide bonds. The Labute approximate surface area is 175 Å². The number of aromatic amines is 1. The summed E-state index contributed by atoms with van der Waals surface area (Å²) in [7, 11) is 0. The van der Waals surface area contributed by atoms with E-state index in [-0.39, 0.29) is 11.4 Å². The van der Waals surface area contributed by atoms with Crippen molar-refractivity contribution < 1.29 is 4.79 Å². The van der Waals surface area contributed by atoms with Crippen LogP contribution in [0.25, 0.3) is 33.4 Å². The average molecular weight is 393 g/mol. The number of fused-ring (bicyclic) bond motifs is 3. The maximum atomic E-state index is 12.6. The average Bonchev–Trinajstić information content (AvgIpc) is 3.33. The van der Waals surface area contributed by atoms with Gasteiger partial charge < -0.3 is 10.3 Å². The molecule has 30 heavy (non-hydrogen) atoms. The van der Waals surface area contributed by atoms with Crippen molar-refractivity contribution in [3.63, 3.8) is 0 Å². The van der Waals surface area contributed by atoms with E-state index in [1.54, 1.807) is 0 Å². The van der Waals surface area contributed by atoms with Gasteiger partial charge in [-0.15, -0.1) is 0 Å². The van der Waals surface area contributed by atoms with Gasteiger partial charge in [-0.2, -0.15) is 0 Å². The van der Waals surface area contributed by atoms with Crippen molar-refractivity contribution in [1.82, 2.24) is 15.3 Å². The van der Waals surface area contributed by atoms with Gasteiger partial charge in [0.05, 0.1) is 11.2 Å². The molecule has 0 bridgehead atoms. The van der Waals surface area contributed by atoms with Crippen LogP contribution >= 0.6 is 0 Å². The van der Waals surface area contributed by atoms with Crippen LogP contribution in [0.2, 0.25) is 0 Å². The minimum absolute atomic E-state index is 0.0755. The zero-order valence-electron chi connectivity index (χ0n) is 16.7. The van der Waals surface area contributed by atoms with Crippen LogP contribution < -0.4 is 5.32 Å². The Bertz CT molecular complexity index is 1270. The molecule has 1 saturated carbocycles. The van der Waals surface area contributed by atoms with Crippen LogP contribution in [0, 0.1) is 0 Å². The molecule has 1 aliphatic carbocycles. The Kier molecular flexibility index (Phi) is 3.82. The molecule has 4 nitrogen and oxygen atoms in total. The first-order valence-corrected chi connectivity index (χ1v) is 10.7. The molecule has 2 aliphatic rings. The quantitative estimate of drug-likeness (QED) is 0.452. The zero-order valence-corrected chi connectivity index (χ0v) is 16.7. The molecule has 0 unspecified atom stereocenters. The SMILES string of the molecule is O=C1NC2(CCCCC2)c2cc(-c3c[nH]c4nc(-c5ccccc5)ccc34)ccc21. The number of pyridine rings is 1. The molecule has 4 aromatic rings. The monoisotopic (exact) mass is 393 g/mol. The van der Waals surface area contributed by atoms with Gasteiger partial charge in [-0.05, 0) is 48.2 Å². The van der Waals surface area contributed by atoms with Crippen molar-refractivity contribution in [2.45, 2.75) is 37.6 Å². The van der Waals surface area contributed by atoms with E-state index in [9.17, 15) is 4.79 Å². The van der Waals surface area contributed by atoms with Crippen LogP contribution in [0.15, 0.2) is 66.9 Å². The van der Waals surface area contributed by atoms with E-state index in [4.69, 9.17) is 4.98 Å². The predicted octanol–water partition coefficient (Wildman–Crippen LogP) is 5.80. The van der Waals surface area contributed by atoms with Gasteiger partial charge in [0.1, 0.15) is 5.65 Å². The summed E-state index contributed by atoms with van der Waals surface area (Å²) in [5, 5.41) is 4.41. The highest BCUT2D eigenvalue weighted by Gasteiger charge is 2.43. The van der Waals surface area contributed by atoms with E-state index in [2.05, 4.69) is 46.7 Å². The number of carbonyl (C=O) groups is 1. The lowest BCUT2D eigenvalue weighted by molar-refractivity contribution is 0.0909. The number of nitrogens with zero attached hydrogens (tertiary/aromatic N) is 1. The number of aromatic nitrogens is 2. The van der Waals surface area contributed by atoms with Gasteiger partial charge in [0.2, 0.25) is 0 Å². The standard InChI is InChI=1S/C26H23N3O/c30-25-20-10-9-18(15-22(20)26(29-25)13-5-2-6-14-26)21-16-27-24-19(21)11-12-23(28-24)17-7-3-1-4-8-17/h1,3-4,7-12,15-16H,2,5-6,13-14H2,(H,27,28)(H,29,30). The summed E-state index contributed by atoms with van der Waals surface area (Å²) in [6.07, 6.45) is 7.69. The van der Waals surface area contributed by atoms with E-state index in [1.165, 1.54) is 24.8 Å². The van der Waals surface area contributed by atoms with Gasteiger partial charge in [0.15, 0.2) is 0 Å². The molecule has 0 saturated heterocycles. The van der Waals surface area contributed by atoms with Crippen molar-refractivity contribution in [1.29, 1.82) is 0 Å². The molecule has 2 N–H and O–H groups in total. The zero-order chi connectivity index (χ0) is 20.1. The normalized spacial score (nSPS) is 17.3. The third kappa shape index (κ3) is 2.60. The topological polar surface area (TPSA) is 57.8 Å². The van der Waals surface area contributed by atoms with E-state index < -0.39 is 0 Å². The first kappa shape index (κ1) is 17.5. The van der Waals surface area contributed by atoms with Gasteiger partial charge >= 0.3 is 0 Å². The Morgan fingerprint density at radius 1 is 0.833 bits per heavy atom. The van der Waals surface area contributed by atoms with Gasteiger partial charge in [-0.3, -0.25) is 4.79 Å². The number of nitrogens with one attached hydrogen (secondary N) is 2. The molecule has 1 spiro atoms. The second-order valence-electron chi connectivity index (χ2n) is 8.52. The Balaban J connectivity index is 1.44. The largest absolute Gasteiger partial charge is 0.345 e. The van der Waals surface area contributed by atoms with Crippen LogP contribution in [0.3, 0.4) is 0 Å². The first-order valence-electron chi connectivity index (χ1n) is 10.7. The van der Waals surface area contributed by atoms with Crippen molar-refractivity contribution in [3.05, 3.63) is 78.0 Å². The summed E-state index contributed by atoms with van der Waals surface area (Å²) in [6.45, 7) is 0. The third-order valence-electron chi connectivity index (χ3n) is 6.76. The van der Waals surface area contributed by atoms with Crippen molar-refractivity contribution in [2.24, 2.45) is 0 Å². The van der Waals surface area contributed by atoms with Crippen LogP contribution in [0.4, 0.5) is 0 Å². The fourth-order valence-electron chi connectivity index (χ4n) is 5.22. The molecular formula is C26H23N3O. The maximum Gasteiger partial charge on any atom is 0.252 e. The summed E-state index contributed by atoms with van der Waals surface area (Å²) in [5.74, 6) is 0.0755.